The zero-order valence-electron chi connectivity index (χ0n) is 14.5. The van der Waals surface area contributed by atoms with Crippen LogP contribution < -0.4 is 4.90 Å². The smallest absolute Gasteiger partial charge is 0.237 e. The van der Waals surface area contributed by atoms with Crippen LogP contribution in [0.1, 0.15) is 23.4 Å². The third-order valence-corrected chi connectivity index (χ3v) is 6.20. The van der Waals surface area contributed by atoms with Crippen molar-refractivity contribution < 1.29 is 9.53 Å². The van der Waals surface area contributed by atoms with Crippen molar-refractivity contribution in [1.82, 2.24) is 9.88 Å². The molecule has 0 atom stereocenters. The van der Waals surface area contributed by atoms with E-state index in [0.29, 0.717) is 13.2 Å². The van der Waals surface area contributed by atoms with Crippen LogP contribution in [-0.4, -0.2) is 49.1 Å². The Bertz CT molecular complexity index is 739. The number of carbonyl (C=O) groups excluding carboxylic acids is 1. The Kier molecular flexibility index (Phi) is 4.58. The highest BCUT2D eigenvalue weighted by Gasteiger charge is 2.51. The first kappa shape index (κ1) is 16.7. The summed E-state index contributed by atoms with van der Waals surface area (Å²) in [5.41, 5.74) is 1.91. The summed E-state index contributed by atoms with van der Waals surface area (Å²) in [6, 6.07) is 8.27. The van der Waals surface area contributed by atoms with Crippen molar-refractivity contribution >= 4 is 22.9 Å². The summed E-state index contributed by atoms with van der Waals surface area (Å²) in [5, 5.41) is 3.17. The van der Waals surface area contributed by atoms with Gasteiger partial charge in [0.2, 0.25) is 5.91 Å². The number of anilines is 1. The topological polar surface area (TPSA) is 45.7 Å². The second kappa shape index (κ2) is 6.86. The number of benzene rings is 1. The molecule has 1 amide bonds. The van der Waals surface area contributed by atoms with Crippen LogP contribution in [0.5, 0.6) is 0 Å². The molecule has 1 aromatic heterocycles. The number of para-hydroxylation sites is 1. The predicted molar refractivity (Wildman–Crippen MR) is 99.0 cm³/mol. The maximum Gasteiger partial charge on any atom is 0.237 e. The van der Waals surface area contributed by atoms with Gasteiger partial charge < -0.3 is 9.64 Å². The number of nitrogens with zero attached hydrogens (tertiary/aromatic N) is 3. The molecule has 132 valence electrons. The van der Waals surface area contributed by atoms with E-state index in [-0.39, 0.29) is 11.3 Å². The van der Waals surface area contributed by atoms with Gasteiger partial charge in [-0.05, 0) is 37.6 Å². The van der Waals surface area contributed by atoms with Crippen LogP contribution in [-0.2, 0) is 21.5 Å². The second-order valence-corrected chi connectivity index (χ2v) is 7.73. The average molecular weight is 357 g/mol. The number of ether oxygens (including phenoxy) is 1. The number of methoxy groups -OCH3 is 1. The maximum absolute atomic E-state index is 13.3. The number of thiazole rings is 1. The first-order valence-corrected chi connectivity index (χ1v) is 9.64. The molecule has 2 aliphatic heterocycles. The van der Waals surface area contributed by atoms with Crippen molar-refractivity contribution in [1.29, 1.82) is 0 Å². The van der Waals surface area contributed by atoms with Gasteiger partial charge in [0.15, 0.2) is 0 Å². The molecule has 6 heteroatoms. The molecule has 4 rings (SSSR count). The zero-order chi connectivity index (χ0) is 17.3. The standard InChI is InChI=1S/C19H23N3O2S/c1-24-12-11-22-16-5-3-2-4-15(16)19(18(22)23)6-9-21(10-7-19)14-17-20-8-13-25-17/h2-5,8,13H,6-7,9-12,14H2,1H3. The molecule has 2 aromatic rings. The van der Waals surface area contributed by atoms with Crippen molar-refractivity contribution in [2.75, 3.05) is 38.3 Å². The molecule has 1 aromatic carbocycles. The lowest BCUT2D eigenvalue weighted by molar-refractivity contribution is -0.125. The summed E-state index contributed by atoms with van der Waals surface area (Å²) in [5.74, 6) is 0.250. The number of piperidine rings is 1. The van der Waals surface area contributed by atoms with Gasteiger partial charge in [-0.3, -0.25) is 9.69 Å². The highest BCUT2D eigenvalue weighted by Crippen LogP contribution is 2.47. The van der Waals surface area contributed by atoms with Gasteiger partial charge in [0.25, 0.3) is 0 Å². The van der Waals surface area contributed by atoms with Gasteiger partial charge >= 0.3 is 0 Å². The third-order valence-electron chi connectivity index (χ3n) is 5.44. The van der Waals surface area contributed by atoms with E-state index in [1.54, 1.807) is 18.4 Å². The van der Waals surface area contributed by atoms with Crippen LogP contribution in [0.15, 0.2) is 35.8 Å². The molecule has 2 aliphatic rings. The molecule has 0 N–H and O–H groups in total. The summed E-state index contributed by atoms with van der Waals surface area (Å²) in [6.45, 7) is 3.93. The van der Waals surface area contributed by atoms with E-state index >= 15 is 0 Å². The third kappa shape index (κ3) is 2.88. The van der Waals surface area contributed by atoms with E-state index in [0.717, 1.165) is 43.2 Å². The molecule has 1 fully saturated rings. The first-order valence-electron chi connectivity index (χ1n) is 8.76. The number of likely N-dealkylation sites (tertiary alicyclic amines) is 1. The van der Waals surface area contributed by atoms with Crippen molar-refractivity contribution in [3.05, 3.63) is 46.4 Å². The highest BCUT2D eigenvalue weighted by molar-refractivity contribution is 7.09. The largest absolute Gasteiger partial charge is 0.383 e. The molecule has 0 saturated carbocycles. The summed E-state index contributed by atoms with van der Waals surface area (Å²) < 4.78 is 5.21. The van der Waals surface area contributed by atoms with E-state index in [1.807, 2.05) is 22.5 Å². The Labute approximate surface area is 152 Å². The Morgan fingerprint density at radius 2 is 2.08 bits per heavy atom. The average Bonchev–Trinajstić information content (AvgIpc) is 3.23. The molecule has 3 heterocycles. The molecule has 0 radical (unpaired) electrons. The molecule has 1 saturated heterocycles. The quantitative estimate of drug-likeness (QED) is 0.825. The van der Waals surface area contributed by atoms with E-state index in [4.69, 9.17) is 4.74 Å². The summed E-state index contributed by atoms with van der Waals surface area (Å²) >= 11 is 1.70. The molecule has 25 heavy (non-hydrogen) atoms. The minimum absolute atomic E-state index is 0.250. The van der Waals surface area contributed by atoms with E-state index < -0.39 is 0 Å². The lowest BCUT2D eigenvalue weighted by Crippen LogP contribution is -2.49. The fourth-order valence-corrected chi connectivity index (χ4v) is 4.76. The maximum atomic E-state index is 13.3. The van der Waals surface area contributed by atoms with Crippen molar-refractivity contribution in [3.63, 3.8) is 0 Å². The number of carbonyl (C=O) groups is 1. The summed E-state index contributed by atoms with van der Waals surface area (Å²) in [4.78, 5) is 22.0. The number of rotatable bonds is 5. The lowest BCUT2D eigenvalue weighted by atomic mass is 9.73. The molecular weight excluding hydrogens is 334 g/mol. The van der Waals surface area contributed by atoms with Gasteiger partial charge in [-0.1, -0.05) is 18.2 Å². The molecule has 0 aliphatic carbocycles. The van der Waals surface area contributed by atoms with Gasteiger partial charge in [-0.2, -0.15) is 0 Å². The Morgan fingerprint density at radius 1 is 1.28 bits per heavy atom. The first-order chi connectivity index (χ1) is 12.2. The molecular formula is C19H23N3O2S. The SMILES string of the molecule is COCCN1C(=O)C2(CCN(Cc3nccs3)CC2)c2ccccc21. The fraction of sp³-hybridized carbons (Fsp3) is 0.474. The second-order valence-electron chi connectivity index (χ2n) is 6.75. The normalized spacial score (nSPS) is 19.6. The molecule has 0 bridgehead atoms. The van der Waals surface area contributed by atoms with Gasteiger partial charge in [0.1, 0.15) is 5.01 Å². The molecule has 0 unspecified atom stereocenters. The van der Waals surface area contributed by atoms with Gasteiger partial charge in [-0.25, -0.2) is 4.98 Å². The fourth-order valence-electron chi connectivity index (χ4n) is 4.10. The van der Waals surface area contributed by atoms with Crippen LogP contribution in [0.2, 0.25) is 0 Å². The van der Waals surface area contributed by atoms with Crippen molar-refractivity contribution in [3.8, 4) is 0 Å². The van der Waals surface area contributed by atoms with E-state index in [2.05, 4.69) is 28.1 Å². The number of fused-ring (bicyclic) bond motifs is 2. The Hall–Kier alpha value is -1.76. The van der Waals surface area contributed by atoms with E-state index in [1.165, 1.54) is 5.56 Å². The minimum Gasteiger partial charge on any atom is -0.383 e. The van der Waals surface area contributed by atoms with Gasteiger partial charge in [0, 0.05) is 30.9 Å². The number of hydrogen-bond donors (Lipinski definition) is 0. The van der Waals surface area contributed by atoms with Crippen LogP contribution in [0.4, 0.5) is 5.69 Å². The van der Waals surface area contributed by atoms with Crippen molar-refractivity contribution in [2.45, 2.75) is 24.8 Å². The summed E-state index contributed by atoms with van der Waals surface area (Å²) in [6.07, 6.45) is 3.60. The van der Waals surface area contributed by atoms with Crippen LogP contribution in [0, 0.1) is 0 Å². The zero-order valence-corrected chi connectivity index (χ0v) is 15.3. The van der Waals surface area contributed by atoms with Crippen LogP contribution in [0.25, 0.3) is 0 Å². The van der Waals surface area contributed by atoms with Crippen LogP contribution >= 0.6 is 11.3 Å². The van der Waals surface area contributed by atoms with Gasteiger partial charge in [-0.15, -0.1) is 11.3 Å². The molecule has 5 nitrogen and oxygen atoms in total. The number of amides is 1. The number of aromatic nitrogens is 1. The highest BCUT2D eigenvalue weighted by atomic mass is 32.1. The van der Waals surface area contributed by atoms with Gasteiger partial charge in [0.05, 0.1) is 18.6 Å². The summed E-state index contributed by atoms with van der Waals surface area (Å²) in [7, 11) is 1.68. The van der Waals surface area contributed by atoms with E-state index in [9.17, 15) is 4.79 Å². The minimum atomic E-state index is -0.357. The number of hydrogen-bond acceptors (Lipinski definition) is 5. The predicted octanol–water partition coefficient (Wildman–Crippen LogP) is 2.67. The Balaban J connectivity index is 1.54. The molecule has 1 spiro atoms. The Morgan fingerprint density at radius 3 is 2.80 bits per heavy atom. The lowest BCUT2D eigenvalue weighted by Gasteiger charge is -2.38. The van der Waals surface area contributed by atoms with Crippen LogP contribution in [0.3, 0.4) is 0 Å². The monoisotopic (exact) mass is 357 g/mol. The van der Waals surface area contributed by atoms with Crippen molar-refractivity contribution in [2.24, 2.45) is 0 Å².